The average Bonchev–Trinajstić information content (AvgIpc) is 2.81. The predicted octanol–water partition coefficient (Wildman–Crippen LogP) is -1.92. The highest BCUT2D eigenvalue weighted by Crippen LogP contribution is 2.07. The molecular weight excluding hydrogens is 474 g/mol. The standard InChI is InChI=1S/C23H35N5O8/c1-13(29)19(28-20(32)15(25)9-5-6-10-24)22(34)26-16(11-14-7-3-2-4-8-14)21(33)27-17(23(35)36)12-18(30)31/h2-4,7-8,13,15-17,19,29H,5-6,9-12,24-25H2,1H3,(H,26,34)(H,27,33)(H,28,32)(H,30,31)(H,35,36). The third-order valence-electron chi connectivity index (χ3n) is 5.28. The Kier molecular flexibility index (Phi) is 13.1. The summed E-state index contributed by atoms with van der Waals surface area (Å²) in [6, 6.07) is 3.00. The number of benzene rings is 1. The molecule has 0 radical (unpaired) electrons. The van der Waals surface area contributed by atoms with E-state index in [0.29, 0.717) is 31.4 Å². The number of aliphatic hydroxyl groups excluding tert-OH is 1. The Labute approximate surface area is 208 Å². The number of aliphatic carboxylic acids is 2. The molecule has 1 aromatic carbocycles. The molecule has 0 aliphatic heterocycles. The first kappa shape index (κ1) is 30.5. The number of amides is 3. The van der Waals surface area contributed by atoms with Gasteiger partial charge in [0.25, 0.3) is 0 Å². The van der Waals surface area contributed by atoms with E-state index in [9.17, 15) is 34.2 Å². The van der Waals surface area contributed by atoms with E-state index in [-0.39, 0.29) is 6.42 Å². The number of aliphatic hydroxyl groups is 1. The van der Waals surface area contributed by atoms with E-state index < -0.39 is 66.4 Å². The van der Waals surface area contributed by atoms with Crippen molar-refractivity contribution in [2.75, 3.05) is 6.54 Å². The molecular formula is C23H35N5O8. The van der Waals surface area contributed by atoms with Gasteiger partial charge in [0.2, 0.25) is 17.7 Å². The Morgan fingerprint density at radius 3 is 2.03 bits per heavy atom. The Hall–Kier alpha value is -3.55. The number of hydrogen-bond acceptors (Lipinski definition) is 8. The third kappa shape index (κ3) is 10.8. The molecule has 36 heavy (non-hydrogen) atoms. The van der Waals surface area contributed by atoms with Gasteiger partial charge in [0.05, 0.1) is 18.6 Å². The minimum atomic E-state index is -1.73. The van der Waals surface area contributed by atoms with Crippen LogP contribution in [0.15, 0.2) is 30.3 Å². The van der Waals surface area contributed by atoms with Gasteiger partial charge in [-0.05, 0) is 31.9 Å². The summed E-state index contributed by atoms with van der Waals surface area (Å²) in [5.41, 5.74) is 11.9. The van der Waals surface area contributed by atoms with Gasteiger partial charge in [0.15, 0.2) is 0 Å². The zero-order valence-corrected chi connectivity index (χ0v) is 20.1. The number of carboxylic acids is 2. The fourth-order valence-corrected chi connectivity index (χ4v) is 3.27. The fraction of sp³-hybridized carbons (Fsp3) is 0.522. The van der Waals surface area contributed by atoms with Crippen molar-refractivity contribution >= 4 is 29.7 Å². The lowest BCUT2D eigenvalue weighted by Gasteiger charge is -2.26. The Morgan fingerprint density at radius 1 is 0.889 bits per heavy atom. The highest BCUT2D eigenvalue weighted by Gasteiger charge is 2.33. The lowest BCUT2D eigenvalue weighted by atomic mass is 10.0. The van der Waals surface area contributed by atoms with E-state index in [2.05, 4.69) is 16.0 Å². The topological polar surface area (TPSA) is 234 Å². The van der Waals surface area contributed by atoms with Crippen LogP contribution in [0.4, 0.5) is 0 Å². The molecule has 0 saturated heterocycles. The van der Waals surface area contributed by atoms with E-state index in [1.807, 2.05) is 0 Å². The van der Waals surface area contributed by atoms with Gasteiger partial charge in [-0.15, -0.1) is 0 Å². The summed E-state index contributed by atoms with van der Waals surface area (Å²) in [6.45, 7) is 1.71. The van der Waals surface area contributed by atoms with E-state index in [0.717, 1.165) is 0 Å². The first-order valence-electron chi connectivity index (χ1n) is 11.5. The molecule has 1 aromatic rings. The average molecular weight is 510 g/mol. The first-order chi connectivity index (χ1) is 17.0. The third-order valence-corrected chi connectivity index (χ3v) is 5.28. The summed E-state index contributed by atoms with van der Waals surface area (Å²) >= 11 is 0. The minimum Gasteiger partial charge on any atom is -0.481 e. The molecule has 13 nitrogen and oxygen atoms in total. The zero-order chi connectivity index (χ0) is 27.3. The molecule has 0 heterocycles. The summed E-state index contributed by atoms with van der Waals surface area (Å²) in [7, 11) is 0. The molecule has 5 unspecified atom stereocenters. The van der Waals surface area contributed by atoms with Crippen LogP contribution in [0.25, 0.3) is 0 Å². The fourth-order valence-electron chi connectivity index (χ4n) is 3.27. The maximum absolute atomic E-state index is 13.0. The molecule has 0 bridgehead atoms. The largest absolute Gasteiger partial charge is 0.481 e. The molecule has 0 saturated carbocycles. The van der Waals surface area contributed by atoms with Crippen molar-refractivity contribution in [2.45, 2.75) is 69.3 Å². The molecule has 0 aromatic heterocycles. The van der Waals surface area contributed by atoms with Gasteiger partial charge in [-0.2, -0.15) is 0 Å². The second-order valence-electron chi connectivity index (χ2n) is 8.37. The first-order valence-corrected chi connectivity index (χ1v) is 11.5. The maximum Gasteiger partial charge on any atom is 0.326 e. The summed E-state index contributed by atoms with van der Waals surface area (Å²) < 4.78 is 0. The van der Waals surface area contributed by atoms with Crippen molar-refractivity contribution in [3.63, 3.8) is 0 Å². The van der Waals surface area contributed by atoms with Crippen molar-refractivity contribution in [2.24, 2.45) is 11.5 Å². The number of rotatable bonds is 16. The minimum absolute atomic E-state index is 0.0725. The smallest absolute Gasteiger partial charge is 0.326 e. The predicted molar refractivity (Wildman–Crippen MR) is 128 cm³/mol. The molecule has 0 aliphatic carbocycles. The number of carbonyl (C=O) groups is 5. The van der Waals surface area contributed by atoms with Crippen LogP contribution in [0.1, 0.15) is 38.2 Å². The van der Waals surface area contributed by atoms with E-state index in [1.54, 1.807) is 30.3 Å². The van der Waals surface area contributed by atoms with Crippen LogP contribution < -0.4 is 27.4 Å². The molecule has 0 aliphatic rings. The van der Waals surface area contributed by atoms with Crippen LogP contribution in [0.2, 0.25) is 0 Å². The van der Waals surface area contributed by atoms with Gasteiger partial charge in [-0.3, -0.25) is 19.2 Å². The Bertz CT molecular complexity index is 896. The number of nitrogens with one attached hydrogen (secondary N) is 3. The van der Waals surface area contributed by atoms with Crippen molar-refractivity contribution < 1.29 is 39.3 Å². The van der Waals surface area contributed by atoms with Crippen LogP contribution >= 0.6 is 0 Å². The molecule has 0 spiro atoms. The number of unbranched alkanes of at least 4 members (excludes halogenated alkanes) is 1. The molecule has 0 fully saturated rings. The maximum atomic E-state index is 13.0. The molecule has 200 valence electrons. The number of carbonyl (C=O) groups excluding carboxylic acids is 3. The quantitative estimate of drug-likeness (QED) is 0.115. The molecule has 5 atom stereocenters. The summed E-state index contributed by atoms with van der Waals surface area (Å²) in [5.74, 6) is -5.53. The molecule has 13 heteroatoms. The zero-order valence-electron chi connectivity index (χ0n) is 20.1. The normalized spacial score (nSPS) is 15.0. The molecule has 10 N–H and O–H groups in total. The molecule has 3 amide bonds. The van der Waals surface area contributed by atoms with E-state index in [4.69, 9.17) is 16.6 Å². The van der Waals surface area contributed by atoms with Crippen molar-refractivity contribution in [3.05, 3.63) is 35.9 Å². The van der Waals surface area contributed by atoms with E-state index in [1.165, 1.54) is 6.92 Å². The van der Waals surface area contributed by atoms with Crippen LogP contribution in [0.5, 0.6) is 0 Å². The highest BCUT2D eigenvalue weighted by atomic mass is 16.4. The second-order valence-corrected chi connectivity index (χ2v) is 8.37. The van der Waals surface area contributed by atoms with Gasteiger partial charge in [-0.25, -0.2) is 4.79 Å². The Balaban J connectivity index is 3.04. The monoisotopic (exact) mass is 509 g/mol. The van der Waals surface area contributed by atoms with Gasteiger partial charge < -0.3 is 42.7 Å². The Morgan fingerprint density at radius 2 is 1.50 bits per heavy atom. The van der Waals surface area contributed by atoms with Crippen LogP contribution in [-0.2, 0) is 30.4 Å². The lowest BCUT2D eigenvalue weighted by molar-refractivity contribution is -0.147. The van der Waals surface area contributed by atoms with Gasteiger partial charge in [-0.1, -0.05) is 36.8 Å². The van der Waals surface area contributed by atoms with Gasteiger partial charge in [0.1, 0.15) is 18.1 Å². The summed E-state index contributed by atoms with van der Waals surface area (Å²) in [5, 5.41) is 35.2. The lowest BCUT2D eigenvalue weighted by Crippen LogP contribution is -2.60. The summed E-state index contributed by atoms with van der Waals surface area (Å²) in [6.07, 6.45) is -0.729. The van der Waals surface area contributed by atoms with Gasteiger partial charge in [0, 0.05) is 6.42 Å². The van der Waals surface area contributed by atoms with Crippen LogP contribution in [-0.4, -0.2) is 81.8 Å². The van der Waals surface area contributed by atoms with Crippen LogP contribution in [0.3, 0.4) is 0 Å². The number of carboxylic acid groups (broad SMARTS) is 2. The van der Waals surface area contributed by atoms with Crippen LogP contribution in [0, 0.1) is 0 Å². The number of hydrogen-bond donors (Lipinski definition) is 8. The molecule has 1 rings (SSSR count). The van der Waals surface area contributed by atoms with E-state index >= 15 is 0 Å². The SMILES string of the molecule is CC(O)C(NC(=O)C(N)CCCCN)C(=O)NC(Cc1ccccc1)C(=O)NC(CC(=O)O)C(=O)O. The van der Waals surface area contributed by atoms with Gasteiger partial charge >= 0.3 is 11.9 Å². The van der Waals surface area contributed by atoms with Crippen molar-refractivity contribution in [1.29, 1.82) is 0 Å². The van der Waals surface area contributed by atoms with Crippen molar-refractivity contribution in [1.82, 2.24) is 16.0 Å². The number of nitrogens with two attached hydrogens (primary N) is 2. The van der Waals surface area contributed by atoms with Crippen molar-refractivity contribution in [3.8, 4) is 0 Å². The summed E-state index contributed by atoms with van der Waals surface area (Å²) in [4.78, 5) is 60.6. The second kappa shape index (κ2) is 15.4. The highest BCUT2D eigenvalue weighted by molar-refractivity contribution is 5.95.